The number of hydrogen-bond acceptors (Lipinski definition) is 6. The molecule has 3 rings (SSSR count). The van der Waals surface area contributed by atoms with Gasteiger partial charge in [0.2, 0.25) is 0 Å². The van der Waals surface area contributed by atoms with Crippen molar-refractivity contribution in [2.45, 2.75) is 18.9 Å². The van der Waals surface area contributed by atoms with Gasteiger partial charge in [0.1, 0.15) is 15.4 Å². The number of nitrogen functional groups attached to an aromatic ring is 1. The van der Waals surface area contributed by atoms with Gasteiger partial charge < -0.3 is 15.5 Å². The van der Waals surface area contributed by atoms with Crippen LogP contribution in [0.25, 0.3) is 11.1 Å². The van der Waals surface area contributed by atoms with Crippen molar-refractivity contribution in [1.29, 1.82) is 0 Å². The summed E-state index contributed by atoms with van der Waals surface area (Å²) in [5.74, 6) is 0.440. The van der Waals surface area contributed by atoms with Crippen LogP contribution in [0.4, 0.5) is 11.7 Å². The third-order valence-electron chi connectivity index (χ3n) is 3.29. The summed E-state index contributed by atoms with van der Waals surface area (Å²) in [6.45, 7) is 0. The van der Waals surface area contributed by atoms with Crippen LogP contribution < -0.4 is 11.1 Å². The molecule has 0 spiro atoms. The molecule has 3 N–H and O–H groups in total. The summed E-state index contributed by atoms with van der Waals surface area (Å²) in [4.78, 5) is 4.30. The number of nitrogens with two attached hydrogens (primary N) is 1. The molecule has 1 aliphatic rings. The first-order chi connectivity index (χ1) is 9.02. The molecular formula is C12H15N3O3S. The van der Waals surface area contributed by atoms with Crippen molar-refractivity contribution < 1.29 is 12.8 Å². The molecule has 102 valence electrons. The molecule has 0 saturated carbocycles. The Morgan fingerprint density at radius 3 is 2.79 bits per heavy atom. The van der Waals surface area contributed by atoms with E-state index in [9.17, 15) is 8.42 Å². The number of benzene rings is 1. The minimum atomic E-state index is -2.85. The Bertz CT molecular complexity index is 694. The zero-order valence-electron chi connectivity index (χ0n) is 10.3. The molecule has 2 heterocycles. The predicted octanol–water partition coefficient (Wildman–Crippen LogP) is 1.40. The molecular weight excluding hydrogens is 266 g/mol. The summed E-state index contributed by atoms with van der Waals surface area (Å²) in [7, 11) is -2.85. The zero-order chi connectivity index (χ0) is 13.5. The second-order valence-electron chi connectivity index (χ2n) is 4.82. The Kier molecular flexibility index (Phi) is 2.85. The van der Waals surface area contributed by atoms with Gasteiger partial charge in [-0.1, -0.05) is 0 Å². The molecule has 0 bridgehead atoms. The van der Waals surface area contributed by atoms with E-state index in [1.165, 1.54) is 0 Å². The van der Waals surface area contributed by atoms with Crippen molar-refractivity contribution >= 4 is 32.6 Å². The average Bonchev–Trinajstić information content (AvgIpc) is 2.73. The summed E-state index contributed by atoms with van der Waals surface area (Å²) in [5.41, 5.74) is 7.66. The molecule has 1 aromatic heterocycles. The van der Waals surface area contributed by atoms with Gasteiger partial charge in [-0.3, -0.25) is 0 Å². The first kappa shape index (κ1) is 12.3. The standard InChI is InChI=1S/C12H15N3O3S/c13-8-1-2-10-11(7-8)18-12(15-10)14-9-3-5-19(16,17)6-4-9/h1-2,7,9H,3-6,13H2,(H,14,15). The van der Waals surface area contributed by atoms with Crippen molar-refractivity contribution in [2.75, 3.05) is 22.6 Å². The molecule has 0 amide bonds. The van der Waals surface area contributed by atoms with Crippen molar-refractivity contribution in [3.05, 3.63) is 18.2 Å². The van der Waals surface area contributed by atoms with E-state index in [4.69, 9.17) is 10.2 Å². The van der Waals surface area contributed by atoms with Crippen LogP contribution in [-0.4, -0.2) is 30.9 Å². The number of nitrogens with zero attached hydrogens (tertiary/aromatic N) is 1. The molecule has 6 nitrogen and oxygen atoms in total. The van der Waals surface area contributed by atoms with Crippen LogP contribution in [-0.2, 0) is 9.84 Å². The maximum atomic E-state index is 11.3. The van der Waals surface area contributed by atoms with Crippen LogP contribution in [0.1, 0.15) is 12.8 Å². The van der Waals surface area contributed by atoms with E-state index in [2.05, 4.69) is 10.3 Å². The van der Waals surface area contributed by atoms with Gasteiger partial charge >= 0.3 is 0 Å². The minimum absolute atomic E-state index is 0.0916. The van der Waals surface area contributed by atoms with Gasteiger partial charge in [-0.05, 0) is 25.0 Å². The maximum absolute atomic E-state index is 11.3. The maximum Gasteiger partial charge on any atom is 0.295 e. The number of nitrogens with one attached hydrogen (secondary N) is 1. The van der Waals surface area contributed by atoms with E-state index >= 15 is 0 Å². The first-order valence-electron chi connectivity index (χ1n) is 6.15. The highest BCUT2D eigenvalue weighted by molar-refractivity contribution is 7.91. The van der Waals surface area contributed by atoms with Crippen LogP contribution in [0.3, 0.4) is 0 Å². The molecule has 1 aromatic carbocycles. The third-order valence-corrected chi connectivity index (χ3v) is 5.01. The highest BCUT2D eigenvalue weighted by Crippen LogP contribution is 2.23. The Labute approximate surface area is 110 Å². The van der Waals surface area contributed by atoms with Crippen LogP contribution in [0.2, 0.25) is 0 Å². The molecule has 1 aliphatic heterocycles. The van der Waals surface area contributed by atoms with Crippen molar-refractivity contribution in [3.63, 3.8) is 0 Å². The summed E-state index contributed by atoms with van der Waals surface area (Å²) in [5, 5.41) is 3.14. The minimum Gasteiger partial charge on any atom is -0.423 e. The Balaban J connectivity index is 1.75. The first-order valence-corrected chi connectivity index (χ1v) is 7.97. The monoisotopic (exact) mass is 281 g/mol. The fourth-order valence-corrected chi connectivity index (χ4v) is 3.70. The Hall–Kier alpha value is -1.76. The van der Waals surface area contributed by atoms with E-state index in [0.29, 0.717) is 30.1 Å². The van der Waals surface area contributed by atoms with E-state index in [-0.39, 0.29) is 17.5 Å². The number of hydrogen-bond donors (Lipinski definition) is 2. The van der Waals surface area contributed by atoms with Crippen LogP contribution >= 0.6 is 0 Å². The normalized spacial score (nSPS) is 19.6. The van der Waals surface area contributed by atoms with Crippen LogP contribution in [0.15, 0.2) is 22.6 Å². The Morgan fingerprint density at radius 1 is 1.32 bits per heavy atom. The molecule has 0 radical (unpaired) electrons. The summed E-state index contributed by atoms with van der Waals surface area (Å²) in [6, 6.07) is 5.80. The number of sulfone groups is 1. The van der Waals surface area contributed by atoms with Gasteiger partial charge in [-0.2, -0.15) is 4.98 Å². The molecule has 0 unspecified atom stereocenters. The largest absolute Gasteiger partial charge is 0.423 e. The highest BCUT2D eigenvalue weighted by atomic mass is 32.2. The second kappa shape index (κ2) is 4.41. The van der Waals surface area contributed by atoms with Gasteiger partial charge in [0.25, 0.3) is 6.01 Å². The van der Waals surface area contributed by atoms with E-state index in [0.717, 1.165) is 5.52 Å². The smallest absolute Gasteiger partial charge is 0.295 e. The molecule has 19 heavy (non-hydrogen) atoms. The van der Waals surface area contributed by atoms with Crippen molar-refractivity contribution in [2.24, 2.45) is 0 Å². The highest BCUT2D eigenvalue weighted by Gasteiger charge is 2.24. The lowest BCUT2D eigenvalue weighted by Gasteiger charge is -2.21. The number of oxazole rings is 1. The molecule has 0 atom stereocenters. The fraction of sp³-hybridized carbons (Fsp3) is 0.417. The molecule has 1 saturated heterocycles. The van der Waals surface area contributed by atoms with Gasteiger partial charge in [0.15, 0.2) is 5.58 Å². The number of fused-ring (bicyclic) bond motifs is 1. The lowest BCUT2D eigenvalue weighted by atomic mass is 10.2. The Morgan fingerprint density at radius 2 is 2.05 bits per heavy atom. The summed E-state index contributed by atoms with van der Waals surface area (Å²) >= 11 is 0. The van der Waals surface area contributed by atoms with Gasteiger partial charge in [0, 0.05) is 17.8 Å². The quantitative estimate of drug-likeness (QED) is 0.807. The third kappa shape index (κ3) is 2.65. The van der Waals surface area contributed by atoms with Crippen LogP contribution in [0.5, 0.6) is 0 Å². The predicted molar refractivity (Wildman–Crippen MR) is 73.7 cm³/mol. The molecule has 7 heteroatoms. The summed E-state index contributed by atoms with van der Waals surface area (Å²) < 4.78 is 28.2. The van der Waals surface area contributed by atoms with E-state index < -0.39 is 9.84 Å². The van der Waals surface area contributed by atoms with Gasteiger partial charge in [-0.15, -0.1) is 0 Å². The lowest BCUT2D eigenvalue weighted by Crippen LogP contribution is -2.32. The van der Waals surface area contributed by atoms with Gasteiger partial charge in [0.05, 0.1) is 11.5 Å². The molecule has 1 fully saturated rings. The SMILES string of the molecule is Nc1ccc2nc(NC3CCS(=O)(=O)CC3)oc2c1. The van der Waals surface area contributed by atoms with E-state index in [1.807, 2.05) is 0 Å². The van der Waals surface area contributed by atoms with Crippen molar-refractivity contribution in [3.8, 4) is 0 Å². The number of aromatic nitrogens is 1. The number of anilines is 2. The topological polar surface area (TPSA) is 98.2 Å². The van der Waals surface area contributed by atoms with Crippen LogP contribution in [0, 0.1) is 0 Å². The van der Waals surface area contributed by atoms with Crippen molar-refractivity contribution in [1.82, 2.24) is 4.98 Å². The van der Waals surface area contributed by atoms with E-state index in [1.54, 1.807) is 18.2 Å². The summed E-state index contributed by atoms with van der Waals surface area (Å²) in [6.07, 6.45) is 1.17. The number of rotatable bonds is 2. The average molecular weight is 281 g/mol. The second-order valence-corrected chi connectivity index (χ2v) is 7.12. The zero-order valence-corrected chi connectivity index (χ0v) is 11.1. The molecule has 0 aliphatic carbocycles. The lowest BCUT2D eigenvalue weighted by molar-refractivity contribution is 0.542. The van der Waals surface area contributed by atoms with Gasteiger partial charge in [-0.25, -0.2) is 8.42 Å². The molecule has 2 aromatic rings. The fourth-order valence-electron chi connectivity index (χ4n) is 2.21.